The Balaban J connectivity index is 1.77. The van der Waals surface area contributed by atoms with Crippen molar-refractivity contribution in [3.05, 3.63) is 76.6 Å². The average Bonchev–Trinajstić information content (AvgIpc) is 3.22. The van der Waals surface area contributed by atoms with Crippen LogP contribution in [0.5, 0.6) is 11.5 Å². The van der Waals surface area contributed by atoms with Crippen molar-refractivity contribution >= 4 is 17.3 Å². The fourth-order valence-electron chi connectivity index (χ4n) is 3.05. The number of nitrogens with one attached hydrogen (secondary N) is 1. The molecule has 0 fully saturated rings. The summed E-state index contributed by atoms with van der Waals surface area (Å²) in [5.41, 5.74) is 0.371. The number of nitrogens with zero attached hydrogens (tertiary/aromatic N) is 4. The maximum Gasteiger partial charge on any atom is 0.270 e. The Morgan fingerprint density at radius 2 is 1.94 bits per heavy atom. The number of amides is 1. The van der Waals surface area contributed by atoms with E-state index in [0.29, 0.717) is 18.0 Å². The largest absolute Gasteiger partial charge is 0.457 e. The summed E-state index contributed by atoms with van der Waals surface area (Å²) in [7, 11) is 0. The lowest BCUT2D eigenvalue weighted by molar-refractivity contribution is -0.384. The SMILES string of the molecule is CCN(CC)CCn1cc(NC(=O)c2cc([N+](=O)[O-])ccc2Oc2ccccc2)cn1. The number of likely N-dealkylation sites (N-methyl/N-ethyl adjacent to an activating group) is 1. The summed E-state index contributed by atoms with van der Waals surface area (Å²) in [4.78, 5) is 25.8. The van der Waals surface area contributed by atoms with E-state index in [4.69, 9.17) is 4.74 Å². The number of nitro groups is 1. The van der Waals surface area contributed by atoms with Crippen LogP contribution in [0.2, 0.25) is 0 Å². The lowest BCUT2D eigenvalue weighted by atomic mass is 10.1. The lowest BCUT2D eigenvalue weighted by Gasteiger charge is -2.17. The highest BCUT2D eigenvalue weighted by atomic mass is 16.6. The van der Waals surface area contributed by atoms with Gasteiger partial charge in [-0.1, -0.05) is 32.0 Å². The molecule has 0 saturated carbocycles. The van der Waals surface area contributed by atoms with E-state index in [9.17, 15) is 14.9 Å². The first-order valence-corrected chi connectivity index (χ1v) is 10.1. The summed E-state index contributed by atoms with van der Waals surface area (Å²) < 4.78 is 7.54. The molecule has 0 bridgehead atoms. The highest BCUT2D eigenvalue weighted by Crippen LogP contribution is 2.29. The molecule has 0 saturated heterocycles. The van der Waals surface area contributed by atoms with Crippen molar-refractivity contribution in [3.63, 3.8) is 0 Å². The number of ether oxygens (including phenoxy) is 1. The van der Waals surface area contributed by atoms with Crippen molar-refractivity contribution in [3.8, 4) is 11.5 Å². The number of hydrogen-bond donors (Lipinski definition) is 1. The predicted molar refractivity (Wildman–Crippen MR) is 118 cm³/mol. The van der Waals surface area contributed by atoms with Crippen LogP contribution in [-0.2, 0) is 6.54 Å². The second-order valence-corrected chi connectivity index (χ2v) is 6.83. The predicted octanol–water partition coefficient (Wildman–Crippen LogP) is 4.18. The van der Waals surface area contributed by atoms with Crippen LogP contribution in [-0.4, -0.2) is 45.1 Å². The minimum atomic E-state index is -0.547. The molecule has 9 heteroatoms. The second-order valence-electron chi connectivity index (χ2n) is 6.83. The van der Waals surface area contributed by atoms with Crippen LogP contribution >= 0.6 is 0 Å². The number of aromatic nitrogens is 2. The summed E-state index contributed by atoms with van der Waals surface area (Å²) in [5, 5.41) is 18.2. The third-order valence-corrected chi connectivity index (χ3v) is 4.82. The Morgan fingerprint density at radius 1 is 1.19 bits per heavy atom. The molecule has 9 nitrogen and oxygen atoms in total. The number of carbonyl (C=O) groups excluding carboxylic acids is 1. The smallest absolute Gasteiger partial charge is 0.270 e. The van der Waals surface area contributed by atoms with Gasteiger partial charge in [0.25, 0.3) is 11.6 Å². The number of para-hydroxylation sites is 1. The molecular weight excluding hydrogens is 398 g/mol. The Morgan fingerprint density at radius 3 is 2.61 bits per heavy atom. The van der Waals surface area contributed by atoms with Crippen LogP contribution in [0.1, 0.15) is 24.2 Å². The summed E-state index contributed by atoms with van der Waals surface area (Å²) in [5.74, 6) is 0.232. The molecule has 1 aromatic heterocycles. The topological polar surface area (TPSA) is 103 Å². The van der Waals surface area contributed by atoms with Gasteiger partial charge in [-0.2, -0.15) is 5.10 Å². The lowest BCUT2D eigenvalue weighted by Crippen LogP contribution is -2.27. The van der Waals surface area contributed by atoms with Crippen molar-refractivity contribution < 1.29 is 14.5 Å². The summed E-state index contributed by atoms with van der Waals surface area (Å²) in [6.45, 7) is 7.66. The fraction of sp³-hybridized carbons (Fsp3) is 0.273. The first kappa shape index (κ1) is 22.0. The Hall–Kier alpha value is -3.72. The fourth-order valence-corrected chi connectivity index (χ4v) is 3.05. The highest BCUT2D eigenvalue weighted by molar-refractivity contribution is 6.06. The first-order chi connectivity index (χ1) is 15.0. The van der Waals surface area contributed by atoms with E-state index in [1.807, 2.05) is 6.07 Å². The van der Waals surface area contributed by atoms with Crippen LogP contribution in [0.3, 0.4) is 0 Å². The highest BCUT2D eigenvalue weighted by Gasteiger charge is 2.19. The average molecular weight is 423 g/mol. The van der Waals surface area contributed by atoms with E-state index in [1.165, 1.54) is 18.2 Å². The summed E-state index contributed by atoms with van der Waals surface area (Å²) in [6, 6.07) is 12.9. The number of benzene rings is 2. The third kappa shape index (κ3) is 5.89. The van der Waals surface area contributed by atoms with Gasteiger partial charge in [0.15, 0.2) is 0 Å². The van der Waals surface area contributed by atoms with Gasteiger partial charge in [0.2, 0.25) is 0 Å². The normalized spacial score (nSPS) is 10.8. The van der Waals surface area contributed by atoms with Crippen LogP contribution < -0.4 is 10.1 Å². The van der Waals surface area contributed by atoms with Crippen LogP contribution in [0.15, 0.2) is 60.9 Å². The molecule has 1 heterocycles. The Kier molecular flexibility index (Phi) is 7.34. The van der Waals surface area contributed by atoms with E-state index in [0.717, 1.165) is 19.6 Å². The molecule has 3 aromatic rings. The molecule has 31 heavy (non-hydrogen) atoms. The van der Waals surface area contributed by atoms with Crippen molar-refractivity contribution in [1.82, 2.24) is 14.7 Å². The second kappa shape index (κ2) is 10.4. The van der Waals surface area contributed by atoms with E-state index in [1.54, 1.807) is 41.3 Å². The van der Waals surface area contributed by atoms with Gasteiger partial charge in [-0.25, -0.2) is 0 Å². The minimum Gasteiger partial charge on any atom is -0.457 e. The van der Waals surface area contributed by atoms with E-state index >= 15 is 0 Å². The number of rotatable bonds is 10. The van der Waals surface area contributed by atoms with E-state index in [-0.39, 0.29) is 17.0 Å². The number of nitro benzene ring substituents is 1. The van der Waals surface area contributed by atoms with Crippen LogP contribution in [0.4, 0.5) is 11.4 Å². The molecule has 0 spiro atoms. The van der Waals surface area contributed by atoms with Gasteiger partial charge in [-0.15, -0.1) is 0 Å². The van der Waals surface area contributed by atoms with Crippen molar-refractivity contribution in [2.75, 3.05) is 25.0 Å². The molecular formula is C22H25N5O4. The van der Waals surface area contributed by atoms with Gasteiger partial charge >= 0.3 is 0 Å². The Bertz CT molecular complexity index is 1030. The molecule has 3 rings (SSSR count). The van der Waals surface area contributed by atoms with Crippen molar-refractivity contribution in [2.24, 2.45) is 0 Å². The number of anilines is 1. The number of carbonyl (C=O) groups is 1. The molecule has 0 aliphatic carbocycles. The van der Waals surface area contributed by atoms with Gasteiger partial charge < -0.3 is 15.0 Å². The zero-order valence-electron chi connectivity index (χ0n) is 17.5. The molecule has 0 radical (unpaired) electrons. The first-order valence-electron chi connectivity index (χ1n) is 10.1. The van der Waals surface area contributed by atoms with E-state index < -0.39 is 10.8 Å². The maximum absolute atomic E-state index is 12.9. The van der Waals surface area contributed by atoms with Gasteiger partial charge in [0.05, 0.1) is 28.9 Å². The molecule has 1 amide bonds. The standard InChI is InChI=1S/C22H25N5O4/c1-3-25(4-2)12-13-26-16-17(15-23-26)24-22(28)20-14-18(27(29)30)10-11-21(20)31-19-8-6-5-7-9-19/h5-11,14-16H,3-4,12-13H2,1-2H3,(H,24,28). The quantitative estimate of drug-likeness (QED) is 0.388. The molecule has 0 aliphatic rings. The van der Waals surface area contributed by atoms with E-state index in [2.05, 4.69) is 29.2 Å². The number of hydrogen-bond acceptors (Lipinski definition) is 6. The summed E-state index contributed by atoms with van der Waals surface area (Å²) in [6.07, 6.45) is 3.28. The van der Waals surface area contributed by atoms with Gasteiger partial charge in [0.1, 0.15) is 11.5 Å². The third-order valence-electron chi connectivity index (χ3n) is 4.82. The zero-order chi connectivity index (χ0) is 22.2. The molecule has 1 N–H and O–H groups in total. The molecule has 0 unspecified atom stereocenters. The van der Waals surface area contributed by atoms with Crippen molar-refractivity contribution in [2.45, 2.75) is 20.4 Å². The van der Waals surface area contributed by atoms with Crippen molar-refractivity contribution in [1.29, 1.82) is 0 Å². The minimum absolute atomic E-state index is 0.0638. The monoisotopic (exact) mass is 423 g/mol. The number of non-ortho nitro benzene ring substituents is 1. The van der Waals surface area contributed by atoms with Gasteiger partial charge in [-0.3, -0.25) is 19.6 Å². The molecule has 0 aliphatic heterocycles. The summed E-state index contributed by atoms with van der Waals surface area (Å²) >= 11 is 0. The van der Waals surface area contributed by atoms with Crippen LogP contribution in [0, 0.1) is 10.1 Å². The molecule has 162 valence electrons. The zero-order valence-corrected chi connectivity index (χ0v) is 17.5. The Labute approximate surface area is 180 Å². The molecule has 2 aromatic carbocycles. The molecule has 0 atom stereocenters. The maximum atomic E-state index is 12.9. The van der Waals surface area contributed by atoms with Gasteiger partial charge in [-0.05, 0) is 31.3 Å². The van der Waals surface area contributed by atoms with Gasteiger partial charge in [0, 0.05) is 24.9 Å². The van der Waals surface area contributed by atoms with Crippen LogP contribution in [0.25, 0.3) is 0 Å².